The van der Waals surface area contributed by atoms with Gasteiger partial charge in [0.05, 0.1) is 6.20 Å². The minimum absolute atomic E-state index is 0.0575. The van der Waals surface area contributed by atoms with Crippen molar-refractivity contribution in [2.24, 2.45) is 17.6 Å². The third kappa shape index (κ3) is 2.41. The van der Waals surface area contributed by atoms with Gasteiger partial charge in [-0.3, -0.25) is 9.89 Å². The zero-order valence-corrected chi connectivity index (χ0v) is 9.28. The van der Waals surface area contributed by atoms with E-state index in [1.807, 2.05) is 0 Å². The summed E-state index contributed by atoms with van der Waals surface area (Å²) in [5.74, 6) is 1.12. The van der Waals surface area contributed by atoms with Crippen molar-refractivity contribution in [1.29, 1.82) is 0 Å². The molecular formula is C11H18N4O. The Hall–Kier alpha value is -1.36. The van der Waals surface area contributed by atoms with Gasteiger partial charge in [0.2, 0.25) is 5.91 Å². The van der Waals surface area contributed by atoms with Crippen LogP contribution in [-0.2, 0) is 4.79 Å². The zero-order chi connectivity index (χ0) is 11.4. The molecule has 1 aliphatic carbocycles. The van der Waals surface area contributed by atoms with Crippen LogP contribution in [-0.4, -0.2) is 22.6 Å². The van der Waals surface area contributed by atoms with Gasteiger partial charge in [0.15, 0.2) is 0 Å². The van der Waals surface area contributed by atoms with E-state index in [1.54, 1.807) is 12.3 Å². The van der Waals surface area contributed by atoms with Gasteiger partial charge in [0.1, 0.15) is 5.82 Å². The van der Waals surface area contributed by atoms with Crippen molar-refractivity contribution < 1.29 is 4.79 Å². The smallest absolute Gasteiger partial charge is 0.228 e. The summed E-state index contributed by atoms with van der Waals surface area (Å²) in [6.45, 7) is 0.598. The molecule has 1 aliphatic rings. The number of rotatable bonds is 3. The summed E-state index contributed by atoms with van der Waals surface area (Å²) in [5, 5.41) is 9.37. The Kier molecular flexibility index (Phi) is 3.56. The first-order valence-corrected chi connectivity index (χ1v) is 5.81. The molecule has 1 aromatic rings. The van der Waals surface area contributed by atoms with Crippen LogP contribution in [0.15, 0.2) is 12.3 Å². The molecule has 0 saturated heterocycles. The predicted molar refractivity (Wildman–Crippen MR) is 61.7 cm³/mol. The molecule has 0 radical (unpaired) electrons. The topological polar surface area (TPSA) is 83.8 Å². The minimum Gasteiger partial charge on any atom is -0.330 e. The van der Waals surface area contributed by atoms with Gasteiger partial charge in [0.25, 0.3) is 0 Å². The van der Waals surface area contributed by atoms with Crippen molar-refractivity contribution in [1.82, 2.24) is 10.2 Å². The second-order valence-electron chi connectivity index (χ2n) is 4.35. The van der Waals surface area contributed by atoms with Crippen molar-refractivity contribution in [3.8, 4) is 0 Å². The molecule has 0 bridgehead atoms. The van der Waals surface area contributed by atoms with E-state index in [4.69, 9.17) is 5.73 Å². The Morgan fingerprint density at radius 1 is 1.56 bits per heavy atom. The number of nitrogens with one attached hydrogen (secondary N) is 2. The summed E-state index contributed by atoms with van der Waals surface area (Å²) in [5.41, 5.74) is 5.70. The van der Waals surface area contributed by atoms with E-state index < -0.39 is 0 Å². The fraction of sp³-hybridized carbons (Fsp3) is 0.636. The second-order valence-corrected chi connectivity index (χ2v) is 4.35. The molecule has 1 heterocycles. The number of aromatic nitrogens is 2. The van der Waals surface area contributed by atoms with E-state index in [0.717, 1.165) is 19.3 Å². The summed E-state index contributed by atoms with van der Waals surface area (Å²) >= 11 is 0. The summed E-state index contributed by atoms with van der Waals surface area (Å²) in [6.07, 6.45) is 5.95. The molecule has 1 saturated carbocycles. The number of aromatic amines is 1. The van der Waals surface area contributed by atoms with Gasteiger partial charge in [-0.25, -0.2) is 0 Å². The van der Waals surface area contributed by atoms with Crippen LogP contribution in [0.1, 0.15) is 25.7 Å². The van der Waals surface area contributed by atoms with E-state index in [1.165, 1.54) is 6.42 Å². The third-order valence-corrected chi connectivity index (χ3v) is 3.31. The van der Waals surface area contributed by atoms with Crippen molar-refractivity contribution in [2.45, 2.75) is 25.7 Å². The largest absolute Gasteiger partial charge is 0.330 e. The highest BCUT2D eigenvalue weighted by molar-refractivity contribution is 5.91. The maximum atomic E-state index is 12.0. The molecule has 4 N–H and O–H groups in total. The number of nitrogens with zero attached hydrogens (tertiary/aromatic N) is 1. The monoisotopic (exact) mass is 222 g/mol. The van der Waals surface area contributed by atoms with E-state index in [2.05, 4.69) is 15.5 Å². The molecule has 2 atom stereocenters. The summed E-state index contributed by atoms with van der Waals surface area (Å²) in [4.78, 5) is 12.0. The highest BCUT2D eigenvalue weighted by atomic mass is 16.2. The number of carbonyl (C=O) groups excluding carboxylic acids is 1. The zero-order valence-electron chi connectivity index (χ0n) is 9.28. The van der Waals surface area contributed by atoms with Gasteiger partial charge in [-0.15, -0.1) is 0 Å². The molecule has 5 heteroatoms. The molecule has 88 valence electrons. The number of hydrogen-bond acceptors (Lipinski definition) is 3. The number of hydrogen-bond donors (Lipinski definition) is 3. The van der Waals surface area contributed by atoms with Gasteiger partial charge >= 0.3 is 0 Å². The Morgan fingerprint density at radius 2 is 2.38 bits per heavy atom. The number of anilines is 1. The molecule has 0 spiro atoms. The highest BCUT2D eigenvalue weighted by Gasteiger charge is 2.29. The van der Waals surface area contributed by atoms with Crippen molar-refractivity contribution in [3.63, 3.8) is 0 Å². The summed E-state index contributed by atoms with van der Waals surface area (Å²) < 4.78 is 0. The highest BCUT2D eigenvalue weighted by Crippen LogP contribution is 2.30. The van der Waals surface area contributed by atoms with Crippen LogP contribution in [0.5, 0.6) is 0 Å². The Labute approximate surface area is 94.8 Å². The average molecular weight is 222 g/mol. The van der Waals surface area contributed by atoms with Crippen LogP contribution < -0.4 is 11.1 Å². The summed E-state index contributed by atoms with van der Waals surface area (Å²) in [7, 11) is 0. The van der Waals surface area contributed by atoms with Crippen LogP contribution in [0.3, 0.4) is 0 Å². The van der Waals surface area contributed by atoms with Gasteiger partial charge in [-0.05, 0) is 25.3 Å². The SMILES string of the molecule is NCC1CCCCC1C(=O)Nc1ccn[nH]1. The molecular weight excluding hydrogens is 204 g/mol. The van der Waals surface area contributed by atoms with Gasteiger partial charge < -0.3 is 11.1 Å². The number of amides is 1. The Bertz CT molecular complexity index is 336. The molecule has 1 fully saturated rings. The van der Waals surface area contributed by atoms with E-state index in [0.29, 0.717) is 18.3 Å². The van der Waals surface area contributed by atoms with Gasteiger partial charge in [-0.2, -0.15) is 5.10 Å². The van der Waals surface area contributed by atoms with Crippen molar-refractivity contribution >= 4 is 11.7 Å². The van der Waals surface area contributed by atoms with E-state index in [9.17, 15) is 4.79 Å². The van der Waals surface area contributed by atoms with Crippen LogP contribution in [0.25, 0.3) is 0 Å². The first-order chi connectivity index (χ1) is 7.81. The molecule has 1 aromatic heterocycles. The lowest BCUT2D eigenvalue weighted by molar-refractivity contribution is -0.122. The summed E-state index contributed by atoms with van der Waals surface area (Å²) in [6, 6.07) is 1.75. The second kappa shape index (κ2) is 5.12. The maximum Gasteiger partial charge on any atom is 0.228 e. The number of carbonyl (C=O) groups is 1. The molecule has 5 nitrogen and oxygen atoms in total. The van der Waals surface area contributed by atoms with Crippen LogP contribution in [0.4, 0.5) is 5.82 Å². The predicted octanol–water partition coefficient (Wildman–Crippen LogP) is 1.11. The fourth-order valence-corrected chi connectivity index (χ4v) is 2.39. The standard InChI is InChI=1S/C11H18N4O/c12-7-8-3-1-2-4-9(8)11(16)14-10-5-6-13-15-10/h5-6,8-9H,1-4,7,12H2,(H2,13,14,15,16). The molecule has 0 aliphatic heterocycles. The third-order valence-electron chi connectivity index (χ3n) is 3.31. The van der Waals surface area contributed by atoms with Crippen LogP contribution >= 0.6 is 0 Å². The molecule has 2 unspecified atom stereocenters. The lowest BCUT2D eigenvalue weighted by Gasteiger charge is -2.29. The Morgan fingerprint density at radius 3 is 3.06 bits per heavy atom. The van der Waals surface area contributed by atoms with Crippen molar-refractivity contribution in [3.05, 3.63) is 12.3 Å². The number of nitrogens with two attached hydrogens (primary N) is 1. The Balaban J connectivity index is 1.97. The fourth-order valence-electron chi connectivity index (χ4n) is 2.39. The molecule has 16 heavy (non-hydrogen) atoms. The molecule has 1 amide bonds. The van der Waals surface area contributed by atoms with Crippen LogP contribution in [0.2, 0.25) is 0 Å². The van der Waals surface area contributed by atoms with Gasteiger partial charge in [0, 0.05) is 12.0 Å². The van der Waals surface area contributed by atoms with Gasteiger partial charge in [-0.1, -0.05) is 12.8 Å². The lowest BCUT2D eigenvalue weighted by atomic mass is 9.79. The average Bonchev–Trinajstić information content (AvgIpc) is 2.81. The normalized spacial score (nSPS) is 25.3. The quantitative estimate of drug-likeness (QED) is 0.716. The van der Waals surface area contributed by atoms with Crippen LogP contribution in [0, 0.1) is 11.8 Å². The minimum atomic E-state index is 0.0575. The van der Waals surface area contributed by atoms with E-state index >= 15 is 0 Å². The molecule has 0 aromatic carbocycles. The molecule has 2 rings (SSSR count). The first kappa shape index (κ1) is 11.1. The maximum absolute atomic E-state index is 12.0. The van der Waals surface area contributed by atoms with E-state index in [-0.39, 0.29) is 11.8 Å². The first-order valence-electron chi connectivity index (χ1n) is 5.81. The lowest BCUT2D eigenvalue weighted by Crippen LogP contribution is -2.35. The number of H-pyrrole nitrogens is 1. The van der Waals surface area contributed by atoms with Crippen molar-refractivity contribution in [2.75, 3.05) is 11.9 Å².